The highest BCUT2D eigenvalue weighted by molar-refractivity contribution is 7.80. The summed E-state index contributed by atoms with van der Waals surface area (Å²) in [4.78, 5) is 23.9. The minimum absolute atomic E-state index is 0.0708. The molecule has 0 aromatic heterocycles. The van der Waals surface area contributed by atoms with Gasteiger partial charge in [0.1, 0.15) is 6.04 Å². The third-order valence-corrected chi connectivity index (χ3v) is 3.73. The molecule has 1 unspecified atom stereocenters. The first-order valence-corrected chi connectivity index (χ1v) is 7.43. The summed E-state index contributed by atoms with van der Waals surface area (Å²) in [5.74, 6) is 0. The zero-order chi connectivity index (χ0) is 17.9. The Kier molecular flexibility index (Phi) is 5.11. The number of nitro groups is 1. The molecule has 2 rings (SSSR count). The van der Waals surface area contributed by atoms with Crippen LogP contribution in [0, 0.1) is 21.4 Å². The molecule has 0 saturated heterocycles. The van der Waals surface area contributed by atoms with E-state index in [4.69, 9.17) is 17.0 Å². The van der Waals surface area contributed by atoms with Gasteiger partial charge in [-0.3, -0.25) is 10.1 Å². The summed E-state index contributed by atoms with van der Waals surface area (Å²) in [6, 6.07) is 6.89. The van der Waals surface area contributed by atoms with Gasteiger partial charge in [0.05, 0.1) is 23.2 Å². The second-order valence-electron chi connectivity index (χ2n) is 4.90. The Balaban J connectivity index is 2.62. The molecule has 1 atom stereocenters. The van der Waals surface area contributed by atoms with Crippen molar-refractivity contribution in [2.75, 3.05) is 6.61 Å². The van der Waals surface area contributed by atoms with Gasteiger partial charge in [0.25, 0.3) is 5.69 Å². The van der Waals surface area contributed by atoms with E-state index in [0.717, 1.165) is 4.90 Å². The van der Waals surface area contributed by atoms with Gasteiger partial charge in [-0.05, 0) is 31.6 Å². The van der Waals surface area contributed by atoms with Gasteiger partial charge in [-0.1, -0.05) is 12.1 Å². The lowest BCUT2D eigenvalue weighted by Gasteiger charge is -2.36. The standard InChI is InChI=1S/C15H14N4O4S/c1-3-23-15(20)18-13(12(8-16)9(2)17-14(18)24)10-5-4-6-11(7-10)19(21)22/h4-7,13H,3H2,1-2H3,(H,17,24). The van der Waals surface area contributed by atoms with Crippen LogP contribution in [0.1, 0.15) is 25.5 Å². The van der Waals surface area contributed by atoms with Crippen LogP contribution in [0.3, 0.4) is 0 Å². The highest BCUT2D eigenvalue weighted by Crippen LogP contribution is 2.35. The fourth-order valence-electron chi connectivity index (χ4n) is 2.39. The van der Waals surface area contributed by atoms with Crippen LogP contribution in [-0.2, 0) is 4.74 Å². The average Bonchev–Trinajstić information content (AvgIpc) is 2.54. The van der Waals surface area contributed by atoms with E-state index in [1.807, 2.05) is 6.07 Å². The van der Waals surface area contributed by atoms with Crippen LogP contribution >= 0.6 is 12.2 Å². The average molecular weight is 346 g/mol. The summed E-state index contributed by atoms with van der Waals surface area (Å²) in [5, 5.41) is 23.4. The van der Waals surface area contributed by atoms with Crippen LogP contribution < -0.4 is 5.32 Å². The van der Waals surface area contributed by atoms with Crippen LogP contribution in [0.5, 0.6) is 0 Å². The number of nitriles is 1. The van der Waals surface area contributed by atoms with Crippen LogP contribution in [0.25, 0.3) is 0 Å². The molecule has 124 valence electrons. The second kappa shape index (κ2) is 7.06. The second-order valence-corrected chi connectivity index (χ2v) is 5.29. The summed E-state index contributed by atoms with van der Waals surface area (Å²) in [7, 11) is 0. The maximum atomic E-state index is 12.3. The molecule has 0 radical (unpaired) electrons. The highest BCUT2D eigenvalue weighted by Gasteiger charge is 2.38. The molecule has 1 amide bonds. The van der Waals surface area contributed by atoms with Crippen LogP contribution in [0.15, 0.2) is 35.5 Å². The maximum absolute atomic E-state index is 12.3. The van der Waals surface area contributed by atoms with Gasteiger partial charge in [-0.15, -0.1) is 0 Å². The van der Waals surface area contributed by atoms with E-state index in [-0.39, 0.29) is 23.0 Å². The quantitative estimate of drug-likeness (QED) is 0.509. The summed E-state index contributed by atoms with van der Waals surface area (Å²) < 4.78 is 5.00. The molecule has 1 aliphatic rings. The fraction of sp³-hybridized carbons (Fsp3) is 0.267. The number of carbonyl (C=O) groups is 1. The van der Waals surface area contributed by atoms with Crippen molar-refractivity contribution < 1.29 is 14.5 Å². The summed E-state index contributed by atoms with van der Waals surface area (Å²) in [6.45, 7) is 3.43. The van der Waals surface area contributed by atoms with Gasteiger partial charge >= 0.3 is 6.09 Å². The fourth-order valence-corrected chi connectivity index (χ4v) is 2.72. The molecule has 24 heavy (non-hydrogen) atoms. The molecular weight excluding hydrogens is 332 g/mol. The third-order valence-electron chi connectivity index (χ3n) is 3.43. The van der Waals surface area contributed by atoms with Gasteiger partial charge in [-0.25, -0.2) is 9.69 Å². The Morgan fingerprint density at radius 3 is 2.88 bits per heavy atom. The Hall–Kier alpha value is -2.99. The number of rotatable bonds is 3. The van der Waals surface area contributed by atoms with E-state index >= 15 is 0 Å². The molecule has 0 fully saturated rings. The highest BCUT2D eigenvalue weighted by atomic mass is 32.1. The summed E-state index contributed by atoms with van der Waals surface area (Å²) in [6.07, 6.45) is -0.730. The predicted octanol–water partition coefficient (Wildman–Crippen LogP) is 2.78. The predicted molar refractivity (Wildman–Crippen MR) is 88.7 cm³/mol. The van der Waals surface area contributed by atoms with Crippen molar-refractivity contribution in [1.29, 1.82) is 5.26 Å². The molecule has 0 saturated carbocycles. The first kappa shape index (κ1) is 17.4. The Labute approximate surface area is 143 Å². The van der Waals surface area contributed by atoms with Crippen molar-refractivity contribution in [1.82, 2.24) is 10.2 Å². The number of benzene rings is 1. The Morgan fingerprint density at radius 2 is 2.29 bits per heavy atom. The van der Waals surface area contributed by atoms with Crippen LogP contribution in [-0.4, -0.2) is 27.6 Å². The number of nitrogens with one attached hydrogen (secondary N) is 1. The number of non-ortho nitro benzene ring substituents is 1. The number of carbonyl (C=O) groups excluding carboxylic acids is 1. The van der Waals surface area contributed by atoms with Gasteiger partial charge in [0.15, 0.2) is 5.11 Å². The number of nitro benzene ring substituents is 1. The number of ether oxygens (including phenoxy) is 1. The van der Waals surface area contributed by atoms with Gasteiger partial charge in [0, 0.05) is 17.8 Å². The molecule has 1 N–H and O–H groups in total. The first-order valence-electron chi connectivity index (χ1n) is 7.02. The zero-order valence-corrected chi connectivity index (χ0v) is 13.8. The lowest BCUT2D eigenvalue weighted by atomic mass is 9.95. The molecule has 1 heterocycles. The van der Waals surface area contributed by atoms with Gasteiger partial charge < -0.3 is 10.1 Å². The van der Waals surface area contributed by atoms with Gasteiger partial charge in [0.2, 0.25) is 0 Å². The number of hydrogen-bond acceptors (Lipinski definition) is 6. The Morgan fingerprint density at radius 1 is 1.58 bits per heavy atom. The van der Waals surface area contributed by atoms with E-state index < -0.39 is 17.1 Å². The normalized spacial score (nSPS) is 17.1. The molecule has 0 bridgehead atoms. The van der Waals surface area contributed by atoms with Crippen LogP contribution in [0.4, 0.5) is 10.5 Å². The Bertz CT molecular complexity index is 784. The third kappa shape index (κ3) is 3.18. The number of thiocarbonyl (C=S) groups is 1. The van der Waals surface area contributed by atoms with Gasteiger partial charge in [-0.2, -0.15) is 5.26 Å². The largest absolute Gasteiger partial charge is 0.449 e. The molecule has 9 heteroatoms. The lowest BCUT2D eigenvalue weighted by molar-refractivity contribution is -0.384. The van der Waals surface area contributed by atoms with E-state index in [9.17, 15) is 20.2 Å². The van der Waals surface area contributed by atoms with E-state index in [1.165, 1.54) is 18.2 Å². The topological polar surface area (TPSA) is 108 Å². The van der Waals surface area contributed by atoms with Crippen molar-refractivity contribution in [2.24, 2.45) is 0 Å². The summed E-state index contributed by atoms with van der Waals surface area (Å²) in [5.41, 5.74) is 0.976. The number of hydrogen-bond donors (Lipinski definition) is 1. The molecular formula is C15H14N4O4S. The summed E-state index contributed by atoms with van der Waals surface area (Å²) >= 11 is 5.19. The smallest absolute Gasteiger partial charge is 0.416 e. The van der Waals surface area contributed by atoms with Crippen molar-refractivity contribution in [3.05, 3.63) is 51.2 Å². The first-order chi connectivity index (χ1) is 11.4. The van der Waals surface area contributed by atoms with Crippen molar-refractivity contribution in [2.45, 2.75) is 19.9 Å². The minimum atomic E-state index is -0.886. The lowest BCUT2D eigenvalue weighted by Crippen LogP contribution is -2.49. The molecule has 1 aliphatic heterocycles. The number of amides is 1. The molecule has 1 aromatic carbocycles. The SMILES string of the molecule is CCOC(=O)N1C(=S)NC(C)=C(C#N)C1c1cccc([N+](=O)[O-])c1. The number of nitrogens with zero attached hydrogens (tertiary/aromatic N) is 3. The van der Waals surface area contributed by atoms with Crippen molar-refractivity contribution in [3.8, 4) is 6.07 Å². The molecule has 0 aliphatic carbocycles. The maximum Gasteiger partial charge on any atom is 0.416 e. The monoisotopic (exact) mass is 346 g/mol. The molecule has 1 aromatic rings. The van der Waals surface area contributed by atoms with Crippen LogP contribution in [0.2, 0.25) is 0 Å². The van der Waals surface area contributed by atoms with E-state index in [2.05, 4.69) is 5.32 Å². The molecule has 8 nitrogen and oxygen atoms in total. The zero-order valence-electron chi connectivity index (χ0n) is 13.0. The van der Waals surface area contributed by atoms with E-state index in [1.54, 1.807) is 19.9 Å². The van der Waals surface area contributed by atoms with Crippen molar-refractivity contribution >= 4 is 29.1 Å². The minimum Gasteiger partial charge on any atom is -0.449 e. The molecule has 0 spiro atoms. The number of allylic oxidation sites excluding steroid dienone is 1. The van der Waals surface area contributed by atoms with E-state index in [0.29, 0.717) is 11.3 Å². The van der Waals surface area contributed by atoms with Crippen molar-refractivity contribution in [3.63, 3.8) is 0 Å².